The maximum atomic E-state index is 12.3. The summed E-state index contributed by atoms with van der Waals surface area (Å²) in [6.07, 6.45) is 5.77. The van der Waals surface area contributed by atoms with Crippen molar-refractivity contribution < 1.29 is 9.53 Å². The lowest BCUT2D eigenvalue weighted by atomic mass is 10.1. The van der Waals surface area contributed by atoms with Crippen molar-refractivity contribution in [3.8, 4) is 10.6 Å². The van der Waals surface area contributed by atoms with Crippen LogP contribution >= 0.6 is 11.3 Å². The van der Waals surface area contributed by atoms with Gasteiger partial charge in [0.25, 0.3) is 0 Å². The molecule has 0 aromatic carbocycles. The van der Waals surface area contributed by atoms with Gasteiger partial charge >= 0.3 is 0 Å². The molecule has 0 unspecified atom stereocenters. The second-order valence-electron chi connectivity index (χ2n) is 6.06. The number of Topliss-reactive ketones (excluding diaryl/α,β-unsaturated/α-hetero) is 1. The van der Waals surface area contributed by atoms with Gasteiger partial charge in [-0.25, -0.2) is 0 Å². The Morgan fingerprint density at radius 1 is 1.12 bits per heavy atom. The van der Waals surface area contributed by atoms with Crippen LogP contribution in [0.4, 0.5) is 0 Å². The van der Waals surface area contributed by atoms with E-state index < -0.39 is 0 Å². The predicted molar refractivity (Wildman–Crippen MR) is 96.6 cm³/mol. The molecule has 1 fully saturated rings. The SMILES string of the molecule is O=C(Cc1cc2cc(-c3cncs3)ncc2cn1)CN1CCOCC1. The molecule has 25 heavy (non-hydrogen) atoms. The molecule has 0 bridgehead atoms. The molecule has 4 rings (SSSR count). The highest BCUT2D eigenvalue weighted by Crippen LogP contribution is 2.24. The molecule has 1 saturated heterocycles. The lowest BCUT2D eigenvalue weighted by molar-refractivity contribution is -0.120. The molecule has 7 heteroatoms. The highest BCUT2D eigenvalue weighted by molar-refractivity contribution is 7.13. The summed E-state index contributed by atoms with van der Waals surface area (Å²) >= 11 is 1.56. The summed E-state index contributed by atoms with van der Waals surface area (Å²) in [7, 11) is 0. The van der Waals surface area contributed by atoms with E-state index in [1.807, 2.05) is 24.5 Å². The zero-order chi connectivity index (χ0) is 17.1. The number of thiazole rings is 1. The van der Waals surface area contributed by atoms with Crippen LogP contribution in [-0.2, 0) is 16.0 Å². The van der Waals surface area contributed by atoms with E-state index in [4.69, 9.17) is 4.74 Å². The van der Waals surface area contributed by atoms with E-state index in [2.05, 4.69) is 19.9 Å². The zero-order valence-corrected chi connectivity index (χ0v) is 14.5. The third kappa shape index (κ3) is 3.89. The van der Waals surface area contributed by atoms with E-state index in [-0.39, 0.29) is 5.78 Å². The molecule has 0 aliphatic carbocycles. The van der Waals surface area contributed by atoms with Gasteiger partial charge in [0.05, 0.1) is 42.3 Å². The Kier molecular flexibility index (Phi) is 4.78. The number of hydrogen-bond donors (Lipinski definition) is 0. The van der Waals surface area contributed by atoms with Crippen molar-refractivity contribution in [2.75, 3.05) is 32.8 Å². The van der Waals surface area contributed by atoms with Gasteiger partial charge in [-0.3, -0.25) is 24.6 Å². The summed E-state index contributed by atoms with van der Waals surface area (Å²) in [6.45, 7) is 3.51. The van der Waals surface area contributed by atoms with Gasteiger partial charge in [-0.1, -0.05) is 0 Å². The quantitative estimate of drug-likeness (QED) is 0.700. The van der Waals surface area contributed by atoms with Gasteiger partial charge in [0.1, 0.15) is 0 Å². The second-order valence-corrected chi connectivity index (χ2v) is 6.95. The van der Waals surface area contributed by atoms with Crippen LogP contribution in [-0.4, -0.2) is 58.5 Å². The van der Waals surface area contributed by atoms with Crippen molar-refractivity contribution >= 4 is 27.9 Å². The van der Waals surface area contributed by atoms with Crippen molar-refractivity contribution in [3.05, 3.63) is 41.9 Å². The second kappa shape index (κ2) is 7.35. The molecule has 6 nitrogen and oxygen atoms in total. The largest absolute Gasteiger partial charge is 0.379 e. The van der Waals surface area contributed by atoms with Gasteiger partial charge in [-0.05, 0) is 17.5 Å². The maximum Gasteiger partial charge on any atom is 0.152 e. The molecular formula is C18H18N4O2S. The van der Waals surface area contributed by atoms with Crippen LogP contribution in [0.5, 0.6) is 0 Å². The number of rotatable bonds is 5. The average Bonchev–Trinajstić information content (AvgIpc) is 3.16. The van der Waals surface area contributed by atoms with E-state index in [1.165, 1.54) is 0 Å². The molecule has 0 radical (unpaired) electrons. The van der Waals surface area contributed by atoms with Crippen molar-refractivity contribution in [3.63, 3.8) is 0 Å². The Morgan fingerprint density at radius 2 is 1.96 bits per heavy atom. The van der Waals surface area contributed by atoms with Gasteiger partial charge in [0, 0.05) is 42.8 Å². The topological polar surface area (TPSA) is 68.2 Å². The number of pyridine rings is 2. The van der Waals surface area contributed by atoms with Gasteiger partial charge in [0.15, 0.2) is 5.78 Å². The molecule has 0 N–H and O–H groups in total. The number of carbonyl (C=O) groups excluding carboxylic acids is 1. The first-order chi connectivity index (χ1) is 12.3. The first kappa shape index (κ1) is 16.3. The molecule has 0 spiro atoms. The summed E-state index contributed by atoms with van der Waals surface area (Å²) < 4.78 is 5.31. The van der Waals surface area contributed by atoms with Crippen molar-refractivity contribution in [1.29, 1.82) is 0 Å². The molecular weight excluding hydrogens is 336 g/mol. The van der Waals surface area contributed by atoms with Crippen LogP contribution in [0.15, 0.2) is 36.2 Å². The molecule has 3 aromatic rings. The van der Waals surface area contributed by atoms with E-state index in [0.29, 0.717) is 26.2 Å². The average molecular weight is 354 g/mol. The monoisotopic (exact) mass is 354 g/mol. The Hall–Kier alpha value is -2.22. The minimum Gasteiger partial charge on any atom is -0.379 e. The van der Waals surface area contributed by atoms with Crippen LogP contribution < -0.4 is 0 Å². The minimum atomic E-state index is 0.186. The van der Waals surface area contributed by atoms with Crippen molar-refractivity contribution in [1.82, 2.24) is 19.9 Å². The summed E-state index contributed by atoms with van der Waals surface area (Å²) in [4.78, 5) is 28.5. The number of ether oxygens (including phenoxy) is 1. The molecule has 128 valence electrons. The third-order valence-corrected chi connectivity index (χ3v) is 5.02. The predicted octanol–water partition coefficient (Wildman–Crippen LogP) is 2.20. The van der Waals surface area contributed by atoms with Crippen molar-refractivity contribution in [2.45, 2.75) is 6.42 Å². The lowest BCUT2D eigenvalue weighted by Crippen LogP contribution is -2.39. The standard InChI is InChI=1S/C18H18N4O2S/c23-16(11-22-1-3-24-4-2-22)7-15-5-13-6-17(18-10-19-12-25-18)21-9-14(13)8-20-15/h5-6,8-10,12H,1-4,7,11H2. The Bertz CT molecular complexity index is 876. The summed E-state index contributed by atoms with van der Waals surface area (Å²) in [6, 6.07) is 4.01. The Morgan fingerprint density at radius 3 is 2.76 bits per heavy atom. The van der Waals surface area contributed by atoms with Gasteiger partial charge < -0.3 is 4.74 Å². The maximum absolute atomic E-state index is 12.3. The highest BCUT2D eigenvalue weighted by atomic mass is 32.1. The molecule has 1 aliphatic heterocycles. The fraction of sp³-hybridized carbons (Fsp3) is 0.333. The number of ketones is 1. The molecule has 0 atom stereocenters. The lowest BCUT2D eigenvalue weighted by Gasteiger charge is -2.25. The molecule has 0 amide bonds. The Balaban J connectivity index is 1.50. The fourth-order valence-electron chi connectivity index (χ4n) is 2.92. The van der Waals surface area contributed by atoms with Gasteiger partial charge in [-0.15, -0.1) is 11.3 Å². The van der Waals surface area contributed by atoms with Crippen LogP contribution in [0, 0.1) is 0 Å². The van der Waals surface area contributed by atoms with Crippen LogP contribution in [0.1, 0.15) is 5.69 Å². The number of hydrogen-bond acceptors (Lipinski definition) is 7. The van der Waals surface area contributed by atoms with Crippen LogP contribution in [0.25, 0.3) is 21.3 Å². The van der Waals surface area contributed by atoms with E-state index >= 15 is 0 Å². The molecule has 1 aliphatic rings. The van der Waals surface area contributed by atoms with Crippen molar-refractivity contribution in [2.24, 2.45) is 0 Å². The number of carbonyl (C=O) groups is 1. The normalized spacial score (nSPS) is 15.5. The van der Waals surface area contributed by atoms with E-state index in [0.717, 1.165) is 40.1 Å². The summed E-state index contributed by atoms with van der Waals surface area (Å²) in [5.41, 5.74) is 3.49. The molecule has 3 aromatic heterocycles. The number of aromatic nitrogens is 3. The van der Waals surface area contributed by atoms with E-state index in [1.54, 1.807) is 23.0 Å². The molecule has 4 heterocycles. The number of fused-ring (bicyclic) bond motifs is 1. The van der Waals surface area contributed by atoms with Crippen LogP contribution in [0.3, 0.4) is 0 Å². The first-order valence-electron chi connectivity index (χ1n) is 8.23. The molecule has 0 saturated carbocycles. The van der Waals surface area contributed by atoms with Gasteiger partial charge in [-0.2, -0.15) is 0 Å². The smallest absolute Gasteiger partial charge is 0.152 e. The Labute approximate surface area is 149 Å². The zero-order valence-electron chi connectivity index (χ0n) is 13.7. The van der Waals surface area contributed by atoms with Gasteiger partial charge in [0.2, 0.25) is 0 Å². The number of morpholine rings is 1. The number of nitrogens with zero attached hydrogens (tertiary/aromatic N) is 4. The highest BCUT2D eigenvalue weighted by Gasteiger charge is 2.15. The summed E-state index contributed by atoms with van der Waals surface area (Å²) in [5.74, 6) is 0.186. The van der Waals surface area contributed by atoms with E-state index in [9.17, 15) is 4.79 Å². The first-order valence-corrected chi connectivity index (χ1v) is 9.11. The van der Waals surface area contributed by atoms with Crippen LogP contribution in [0.2, 0.25) is 0 Å². The fourth-order valence-corrected chi connectivity index (χ4v) is 3.51. The summed E-state index contributed by atoms with van der Waals surface area (Å²) in [5, 5.41) is 2.01. The third-order valence-electron chi connectivity index (χ3n) is 4.23. The minimum absolute atomic E-state index is 0.186.